The Morgan fingerprint density at radius 2 is 0.833 bits per heavy atom. The maximum atomic E-state index is 11.4. The Morgan fingerprint density at radius 1 is 0.375 bits per heavy atom. The van der Waals surface area contributed by atoms with E-state index in [-0.39, 0.29) is 0 Å². The van der Waals surface area contributed by atoms with E-state index >= 15 is 0 Å². The molecule has 12 N–H and O–H groups in total. The van der Waals surface area contributed by atoms with Crippen molar-refractivity contribution in [2.45, 2.75) is 149 Å². The largest absolute Gasteiger partial charge is 0.388 e. The first-order valence-corrected chi connectivity index (χ1v) is 15.5. The van der Waals surface area contributed by atoms with Crippen molar-refractivity contribution in [2.24, 2.45) is 0 Å². The molecular weight excluding hydrogens is 660 g/mol. The third kappa shape index (κ3) is 7.81. The lowest BCUT2D eigenvalue weighted by atomic mass is 9.97. The van der Waals surface area contributed by atoms with Crippen LogP contribution in [0.15, 0.2) is 0 Å². The fourth-order valence-corrected chi connectivity index (χ4v) is 6.07. The monoisotopic (exact) mass is 706 g/mol. The summed E-state index contributed by atoms with van der Waals surface area (Å²) >= 11 is 0. The van der Waals surface area contributed by atoms with Gasteiger partial charge in [-0.05, 0) is 13.8 Å². The summed E-state index contributed by atoms with van der Waals surface area (Å²) in [7, 11) is 0. The number of hydrogen-bond acceptors (Lipinski definition) is 21. The van der Waals surface area contributed by atoms with Crippen molar-refractivity contribution in [2.75, 3.05) is 19.8 Å². The van der Waals surface area contributed by atoms with E-state index in [9.17, 15) is 61.3 Å². The van der Waals surface area contributed by atoms with Gasteiger partial charge in [0.2, 0.25) is 0 Å². The first kappa shape index (κ1) is 38.4. The zero-order chi connectivity index (χ0) is 35.2. The van der Waals surface area contributed by atoms with Crippen LogP contribution in [0, 0.1) is 0 Å². The maximum Gasteiger partial charge on any atom is 0.187 e. The predicted molar refractivity (Wildman–Crippen MR) is 146 cm³/mol. The van der Waals surface area contributed by atoms with Crippen molar-refractivity contribution in [3.63, 3.8) is 0 Å². The van der Waals surface area contributed by atoms with Crippen LogP contribution in [0.3, 0.4) is 0 Å². The first-order chi connectivity index (χ1) is 22.6. The van der Waals surface area contributed by atoms with Crippen LogP contribution >= 0.6 is 0 Å². The van der Waals surface area contributed by atoms with Gasteiger partial charge in [0.15, 0.2) is 31.5 Å². The second kappa shape index (κ2) is 15.8. The van der Waals surface area contributed by atoms with E-state index in [2.05, 4.69) is 0 Å². The van der Waals surface area contributed by atoms with Gasteiger partial charge < -0.3 is 104 Å². The average Bonchev–Trinajstić information content (AvgIpc) is 3.05. The van der Waals surface area contributed by atoms with Gasteiger partial charge >= 0.3 is 0 Å². The summed E-state index contributed by atoms with van der Waals surface area (Å²) in [6, 6.07) is 0. The Bertz CT molecular complexity index is 1030. The lowest BCUT2D eigenvalue weighted by Crippen LogP contribution is -2.66. The van der Waals surface area contributed by atoms with Crippen LogP contribution in [-0.4, -0.2) is 216 Å². The standard InChI is InChI=1S/C27H46O21/c1-6-11(31)14(34)16(36)26(43-6)46-20-10(30)5-42-25(17(20)37)45-19-7(2)44-27(48-22-13(33)9(29)3-40-23(22)39)18(38)21(19)47-24-15(35)12(32)8(28)4-41-24/h6-39H,3-5H2,1-2H3/t6-,7-,8+,9-,10+,11-,12-,13-,14+,15+,16+,17+,18+,19-,20-,21-,22+,23-,24-,25-,26-,27-/m0/s1. The summed E-state index contributed by atoms with van der Waals surface area (Å²) < 4.78 is 50.0. The molecule has 21 heteroatoms. The molecule has 0 bridgehead atoms. The van der Waals surface area contributed by atoms with E-state index in [4.69, 9.17) is 42.6 Å². The molecular formula is C27H46O21. The molecule has 21 nitrogen and oxygen atoms in total. The van der Waals surface area contributed by atoms with Gasteiger partial charge in [-0.1, -0.05) is 0 Å². The molecule has 5 fully saturated rings. The molecule has 0 saturated carbocycles. The summed E-state index contributed by atoms with van der Waals surface area (Å²) in [6.45, 7) is 1.45. The molecule has 280 valence electrons. The van der Waals surface area contributed by atoms with Gasteiger partial charge in [-0.2, -0.15) is 0 Å². The Morgan fingerprint density at radius 3 is 1.52 bits per heavy atom. The molecule has 0 aromatic heterocycles. The Hall–Kier alpha value is -0.840. The Balaban J connectivity index is 1.34. The van der Waals surface area contributed by atoms with E-state index in [0.717, 1.165) is 0 Å². The second-order valence-corrected chi connectivity index (χ2v) is 12.6. The minimum atomic E-state index is -1.90. The van der Waals surface area contributed by atoms with Crippen LogP contribution < -0.4 is 0 Å². The quantitative estimate of drug-likeness (QED) is 0.111. The molecule has 5 saturated heterocycles. The number of aliphatic hydroxyl groups excluding tert-OH is 12. The summed E-state index contributed by atoms with van der Waals surface area (Å²) in [4.78, 5) is 0. The molecule has 22 atom stereocenters. The highest BCUT2D eigenvalue weighted by Crippen LogP contribution is 2.34. The fourth-order valence-electron chi connectivity index (χ4n) is 6.07. The zero-order valence-corrected chi connectivity index (χ0v) is 25.9. The molecule has 0 aromatic carbocycles. The third-order valence-electron chi connectivity index (χ3n) is 9.05. The van der Waals surface area contributed by atoms with Gasteiger partial charge in [0.1, 0.15) is 91.6 Å². The van der Waals surface area contributed by atoms with Crippen molar-refractivity contribution in [3.8, 4) is 0 Å². The summed E-state index contributed by atoms with van der Waals surface area (Å²) in [5.41, 5.74) is 0. The van der Waals surface area contributed by atoms with Crippen molar-refractivity contribution in [1.82, 2.24) is 0 Å². The van der Waals surface area contributed by atoms with E-state index in [1.807, 2.05) is 0 Å². The van der Waals surface area contributed by atoms with Crippen LogP contribution in [0.4, 0.5) is 0 Å². The lowest BCUT2D eigenvalue weighted by Gasteiger charge is -2.49. The molecule has 5 rings (SSSR count). The molecule has 0 unspecified atom stereocenters. The second-order valence-electron chi connectivity index (χ2n) is 12.6. The highest BCUT2D eigenvalue weighted by atomic mass is 16.8. The molecule has 5 aliphatic heterocycles. The van der Waals surface area contributed by atoms with E-state index < -0.39 is 155 Å². The predicted octanol–water partition coefficient (Wildman–Crippen LogP) is -7.95. The lowest BCUT2D eigenvalue weighted by molar-refractivity contribution is -0.392. The number of rotatable bonds is 8. The molecule has 5 aliphatic rings. The molecule has 0 radical (unpaired) electrons. The van der Waals surface area contributed by atoms with Gasteiger partial charge in [0, 0.05) is 0 Å². The van der Waals surface area contributed by atoms with Gasteiger partial charge in [-0.25, -0.2) is 0 Å². The van der Waals surface area contributed by atoms with Crippen LogP contribution in [0.2, 0.25) is 0 Å². The fraction of sp³-hybridized carbons (Fsp3) is 1.00. The highest BCUT2D eigenvalue weighted by molar-refractivity contribution is 4.96. The minimum Gasteiger partial charge on any atom is -0.388 e. The van der Waals surface area contributed by atoms with Crippen LogP contribution in [0.1, 0.15) is 13.8 Å². The average molecular weight is 707 g/mol. The van der Waals surface area contributed by atoms with E-state index in [1.54, 1.807) is 0 Å². The van der Waals surface area contributed by atoms with Crippen LogP contribution in [0.25, 0.3) is 0 Å². The normalized spacial score (nSPS) is 55.4. The first-order valence-electron chi connectivity index (χ1n) is 15.5. The molecule has 0 spiro atoms. The number of hydrogen-bond donors (Lipinski definition) is 12. The molecule has 48 heavy (non-hydrogen) atoms. The van der Waals surface area contributed by atoms with Crippen molar-refractivity contribution >= 4 is 0 Å². The SMILES string of the molecule is C[C@@H]1O[C@@H](O[C@@H]2[C@@H](O)[C@H](O[C@@H]3[C@@H](O[C@@H]4OC[C@@H](O)[C@H](O)[C@H]4O)[C@@H](O)[C@H](O[C@@H]4[C@@H](O)[C@@H](O)CO[C@@H]4O)O[C@H]3C)OC[C@H]2O)[C@H](O)[C@H](O)[C@H]1O. The third-order valence-corrected chi connectivity index (χ3v) is 9.05. The zero-order valence-electron chi connectivity index (χ0n) is 25.9. The summed E-state index contributed by atoms with van der Waals surface area (Å²) in [5, 5.41) is 125. The maximum absolute atomic E-state index is 11.4. The molecule has 0 amide bonds. The number of ether oxygens (including phenoxy) is 9. The Labute approximate surface area is 273 Å². The Kier molecular flexibility index (Phi) is 12.6. The molecule has 0 aromatic rings. The van der Waals surface area contributed by atoms with Crippen molar-refractivity contribution in [3.05, 3.63) is 0 Å². The molecule has 5 heterocycles. The summed E-state index contributed by atoms with van der Waals surface area (Å²) in [5.74, 6) is 0. The number of aliphatic hydroxyl groups is 12. The van der Waals surface area contributed by atoms with Gasteiger partial charge in [0.25, 0.3) is 0 Å². The van der Waals surface area contributed by atoms with Crippen LogP contribution in [0.5, 0.6) is 0 Å². The van der Waals surface area contributed by atoms with Gasteiger partial charge in [0.05, 0.1) is 32.0 Å². The topological polar surface area (TPSA) is 326 Å². The van der Waals surface area contributed by atoms with Gasteiger partial charge in [-0.15, -0.1) is 0 Å². The highest BCUT2D eigenvalue weighted by Gasteiger charge is 2.54. The smallest absolute Gasteiger partial charge is 0.187 e. The van der Waals surface area contributed by atoms with Crippen molar-refractivity contribution < 1.29 is 104 Å². The van der Waals surface area contributed by atoms with E-state index in [1.165, 1.54) is 13.8 Å². The molecule has 0 aliphatic carbocycles. The van der Waals surface area contributed by atoms with E-state index in [0.29, 0.717) is 0 Å². The van der Waals surface area contributed by atoms with Gasteiger partial charge in [-0.3, -0.25) is 0 Å². The summed E-state index contributed by atoms with van der Waals surface area (Å²) in [6.07, 6.45) is -35.0. The minimum absolute atomic E-state index is 0.407. The van der Waals surface area contributed by atoms with Crippen LogP contribution in [-0.2, 0) is 42.6 Å². The van der Waals surface area contributed by atoms with Crippen molar-refractivity contribution in [1.29, 1.82) is 0 Å².